The van der Waals surface area contributed by atoms with Crippen LogP contribution in [-0.2, 0) is 27.4 Å². The highest BCUT2D eigenvalue weighted by molar-refractivity contribution is 5.83. The molecule has 1 aromatic carbocycles. The highest BCUT2D eigenvalue weighted by Crippen LogP contribution is 2.58. The molecule has 0 aliphatic heterocycles. The Morgan fingerprint density at radius 3 is 2.76 bits per heavy atom. The van der Waals surface area contributed by atoms with Crippen LogP contribution in [0, 0.1) is 11.3 Å². The number of hydrogen-bond acceptors (Lipinski definition) is 5. The van der Waals surface area contributed by atoms with Gasteiger partial charge in [0, 0.05) is 23.6 Å². The lowest BCUT2D eigenvalue weighted by Gasteiger charge is -2.03. The minimum atomic E-state index is -0.231. The summed E-state index contributed by atoms with van der Waals surface area (Å²) in [5.74, 6) is 0.402. The Balaban J connectivity index is 1.53. The van der Waals surface area contributed by atoms with Crippen molar-refractivity contribution in [1.29, 1.82) is 0 Å². The zero-order valence-corrected chi connectivity index (χ0v) is 14.7. The van der Waals surface area contributed by atoms with Crippen LogP contribution >= 0.6 is 0 Å². The zero-order chi connectivity index (χ0) is 17.9. The Kier molecular flexibility index (Phi) is 4.95. The Labute approximate surface area is 147 Å². The van der Waals surface area contributed by atoms with Crippen LogP contribution in [0.1, 0.15) is 30.7 Å². The molecule has 1 aromatic heterocycles. The molecule has 0 unspecified atom stereocenters. The van der Waals surface area contributed by atoms with Gasteiger partial charge in [0.05, 0.1) is 19.3 Å². The van der Waals surface area contributed by atoms with E-state index in [0.29, 0.717) is 0 Å². The van der Waals surface area contributed by atoms with E-state index in [4.69, 9.17) is 14.0 Å². The van der Waals surface area contributed by atoms with E-state index in [9.17, 15) is 4.79 Å². The summed E-state index contributed by atoms with van der Waals surface area (Å²) in [5, 5.41) is 0. The molecule has 1 heterocycles. The maximum atomic E-state index is 12.3. The molecule has 0 radical (unpaired) electrons. The number of hydroxylamine groups is 1. The van der Waals surface area contributed by atoms with Gasteiger partial charge in [0.1, 0.15) is 12.4 Å². The lowest BCUT2D eigenvalue weighted by atomic mass is 10.1. The zero-order valence-electron chi connectivity index (χ0n) is 14.7. The van der Waals surface area contributed by atoms with Crippen molar-refractivity contribution < 1.29 is 18.8 Å². The maximum Gasteiger partial charge on any atom is 0.314 e. The first-order valence-corrected chi connectivity index (χ1v) is 8.28. The summed E-state index contributed by atoms with van der Waals surface area (Å²) in [4.78, 5) is 17.1. The van der Waals surface area contributed by atoms with E-state index in [2.05, 4.69) is 17.6 Å². The van der Waals surface area contributed by atoms with Crippen LogP contribution in [0.15, 0.2) is 58.9 Å². The third kappa shape index (κ3) is 3.94. The molecule has 0 amide bonds. The molecule has 1 saturated carbocycles. The fourth-order valence-electron chi connectivity index (χ4n) is 3.02. The van der Waals surface area contributed by atoms with Gasteiger partial charge < -0.3 is 9.15 Å². The topological polar surface area (TPSA) is 60.7 Å². The molecule has 0 bridgehead atoms. The van der Waals surface area contributed by atoms with Crippen molar-refractivity contribution in [2.24, 2.45) is 11.3 Å². The van der Waals surface area contributed by atoms with Crippen molar-refractivity contribution in [2.45, 2.75) is 26.9 Å². The summed E-state index contributed by atoms with van der Waals surface area (Å²) in [7, 11) is 1.53. The molecule has 1 atom stereocenters. The van der Waals surface area contributed by atoms with E-state index in [1.807, 2.05) is 38.1 Å². The van der Waals surface area contributed by atoms with Gasteiger partial charge in [0.25, 0.3) is 0 Å². The monoisotopic (exact) mass is 341 g/mol. The summed E-state index contributed by atoms with van der Waals surface area (Å²) >= 11 is 0. The summed E-state index contributed by atoms with van der Waals surface area (Å²) in [6.45, 7) is 4.24. The summed E-state index contributed by atoms with van der Waals surface area (Å²) in [5.41, 5.74) is 5.49. The van der Waals surface area contributed by atoms with Gasteiger partial charge in [-0.3, -0.25) is 15.1 Å². The van der Waals surface area contributed by atoms with Crippen LogP contribution in [0.4, 0.5) is 0 Å². The molecule has 1 aliphatic carbocycles. The predicted octanol–water partition coefficient (Wildman–Crippen LogP) is 3.60. The van der Waals surface area contributed by atoms with E-state index in [1.165, 1.54) is 12.7 Å². The van der Waals surface area contributed by atoms with E-state index < -0.39 is 0 Å². The summed E-state index contributed by atoms with van der Waals surface area (Å²) in [6.07, 6.45) is 4.09. The highest BCUT2D eigenvalue weighted by Gasteiger charge is 2.58. The Hall–Kier alpha value is -2.53. The van der Waals surface area contributed by atoms with Crippen LogP contribution in [0.5, 0.6) is 0 Å². The van der Waals surface area contributed by atoms with Crippen LogP contribution in [0.2, 0.25) is 0 Å². The summed E-state index contributed by atoms with van der Waals surface area (Å²) in [6, 6.07) is 12.0. The molecule has 1 fully saturated rings. The molecule has 5 heteroatoms. The molecule has 0 spiro atoms. The third-order valence-electron chi connectivity index (χ3n) is 4.57. The summed E-state index contributed by atoms with van der Waals surface area (Å²) < 4.78 is 11.0. The lowest BCUT2D eigenvalue weighted by molar-refractivity contribution is -0.147. The molecule has 0 saturated heterocycles. The second kappa shape index (κ2) is 7.15. The van der Waals surface area contributed by atoms with Gasteiger partial charge in [0.15, 0.2) is 0 Å². The number of carbonyl (C=O) groups excluding carboxylic acids is 1. The second-order valence-corrected chi connectivity index (χ2v) is 6.77. The Bertz CT molecular complexity index is 761. The average Bonchev–Trinajstić information content (AvgIpc) is 2.92. The fraction of sp³-hybridized carbons (Fsp3) is 0.350. The van der Waals surface area contributed by atoms with Crippen molar-refractivity contribution in [3.63, 3.8) is 0 Å². The molecular weight excluding hydrogens is 318 g/mol. The number of rotatable bonds is 7. The van der Waals surface area contributed by atoms with Gasteiger partial charge in [-0.25, -0.2) is 0 Å². The van der Waals surface area contributed by atoms with E-state index in [0.717, 1.165) is 23.3 Å². The molecular formula is C20H23NO4. The standard InChI is InChI=1S/C20H23NO4/c1-20(2)17(11-21-23-3)18(20)19(22)25-13-15-10-16(24-12-15)9-14-7-5-4-6-8-14/h4-8,10-12,18,21H,9,13H2,1-3H3/t18-/m0/s1. The normalized spacial score (nSPS) is 19.6. The average molecular weight is 341 g/mol. The first kappa shape index (κ1) is 17.3. The number of esters is 1. The molecule has 132 valence electrons. The van der Waals surface area contributed by atoms with Crippen LogP contribution < -0.4 is 5.48 Å². The number of benzene rings is 1. The number of hydrogen-bond donors (Lipinski definition) is 1. The lowest BCUT2D eigenvalue weighted by Crippen LogP contribution is -2.10. The SMILES string of the molecule is CONC=C1[C@@H](C(=O)OCc2coc(Cc3ccccc3)c2)C1(C)C. The van der Waals surface area contributed by atoms with Gasteiger partial charge in [-0.15, -0.1) is 0 Å². The Morgan fingerprint density at radius 2 is 2.04 bits per heavy atom. The predicted molar refractivity (Wildman–Crippen MR) is 93.3 cm³/mol. The first-order chi connectivity index (χ1) is 12.0. The molecule has 5 nitrogen and oxygen atoms in total. The van der Waals surface area contributed by atoms with Crippen molar-refractivity contribution in [3.05, 3.63) is 71.3 Å². The molecule has 3 rings (SSSR count). The maximum absolute atomic E-state index is 12.3. The van der Waals surface area contributed by atoms with Gasteiger partial charge in [-0.2, -0.15) is 0 Å². The number of carbonyl (C=O) groups is 1. The van der Waals surface area contributed by atoms with Crippen molar-refractivity contribution in [3.8, 4) is 0 Å². The molecule has 1 aliphatic rings. The van der Waals surface area contributed by atoms with Gasteiger partial charge in [-0.1, -0.05) is 44.2 Å². The van der Waals surface area contributed by atoms with E-state index >= 15 is 0 Å². The van der Waals surface area contributed by atoms with E-state index in [1.54, 1.807) is 12.5 Å². The van der Waals surface area contributed by atoms with Gasteiger partial charge in [0.2, 0.25) is 0 Å². The van der Waals surface area contributed by atoms with Crippen molar-refractivity contribution >= 4 is 5.97 Å². The highest BCUT2D eigenvalue weighted by atomic mass is 16.6. The molecule has 2 aromatic rings. The Morgan fingerprint density at radius 1 is 1.28 bits per heavy atom. The minimum Gasteiger partial charge on any atom is -0.469 e. The van der Waals surface area contributed by atoms with Crippen molar-refractivity contribution in [1.82, 2.24) is 5.48 Å². The van der Waals surface area contributed by atoms with Gasteiger partial charge >= 0.3 is 5.97 Å². The fourth-order valence-corrected chi connectivity index (χ4v) is 3.02. The van der Waals surface area contributed by atoms with Gasteiger partial charge in [-0.05, 0) is 17.2 Å². The number of furan rings is 1. The molecule has 25 heavy (non-hydrogen) atoms. The number of ether oxygens (including phenoxy) is 1. The van der Waals surface area contributed by atoms with Crippen LogP contribution in [0.3, 0.4) is 0 Å². The van der Waals surface area contributed by atoms with Crippen LogP contribution in [0.25, 0.3) is 0 Å². The minimum absolute atomic E-state index is 0.197. The molecule has 1 N–H and O–H groups in total. The first-order valence-electron chi connectivity index (χ1n) is 8.28. The van der Waals surface area contributed by atoms with E-state index in [-0.39, 0.29) is 23.9 Å². The smallest absolute Gasteiger partial charge is 0.314 e. The third-order valence-corrected chi connectivity index (χ3v) is 4.57. The number of nitrogens with one attached hydrogen (secondary N) is 1. The quantitative estimate of drug-likeness (QED) is 0.616. The van der Waals surface area contributed by atoms with Crippen molar-refractivity contribution in [2.75, 3.05) is 7.11 Å². The second-order valence-electron chi connectivity index (χ2n) is 6.77. The largest absolute Gasteiger partial charge is 0.469 e. The van der Waals surface area contributed by atoms with Crippen LogP contribution in [-0.4, -0.2) is 13.1 Å².